The van der Waals surface area contributed by atoms with E-state index in [1.54, 1.807) is 0 Å². The zero-order chi connectivity index (χ0) is 12.0. The van der Waals surface area contributed by atoms with Crippen LogP contribution in [0.1, 0.15) is 20.3 Å². The Balaban J connectivity index is 2.36. The van der Waals surface area contributed by atoms with Gasteiger partial charge in [-0.15, -0.1) is 0 Å². The van der Waals surface area contributed by atoms with Crippen LogP contribution >= 0.6 is 0 Å². The van der Waals surface area contributed by atoms with Crippen molar-refractivity contribution < 1.29 is 4.79 Å². The third-order valence-electron chi connectivity index (χ3n) is 2.32. The van der Waals surface area contributed by atoms with E-state index >= 15 is 0 Å². The molecule has 3 nitrogen and oxygen atoms in total. The summed E-state index contributed by atoms with van der Waals surface area (Å²) in [7, 11) is 2.00. The van der Waals surface area contributed by atoms with Crippen molar-refractivity contribution in [1.82, 2.24) is 5.32 Å². The van der Waals surface area contributed by atoms with E-state index in [1.807, 2.05) is 51.2 Å². The van der Waals surface area contributed by atoms with Crippen molar-refractivity contribution >= 4 is 11.6 Å². The predicted molar refractivity (Wildman–Crippen MR) is 67.6 cm³/mol. The number of rotatable bonds is 5. The second kappa shape index (κ2) is 6.16. The Bertz CT molecular complexity index is 322. The number of hydrogen-bond acceptors (Lipinski definition) is 2. The van der Waals surface area contributed by atoms with Crippen LogP contribution in [0.2, 0.25) is 0 Å². The molecule has 0 spiro atoms. The molecule has 1 aromatic rings. The lowest BCUT2D eigenvalue weighted by molar-refractivity contribution is -0.121. The minimum Gasteiger partial charge on any atom is -0.374 e. The smallest absolute Gasteiger partial charge is 0.221 e. The van der Waals surface area contributed by atoms with Gasteiger partial charge in [-0.2, -0.15) is 0 Å². The highest BCUT2D eigenvalue weighted by Gasteiger charge is 2.05. The maximum absolute atomic E-state index is 11.5. The van der Waals surface area contributed by atoms with Crippen LogP contribution in [0.25, 0.3) is 0 Å². The van der Waals surface area contributed by atoms with Gasteiger partial charge in [0.25, 0.3) is 0 Å². The topological polar surface area (TPSA) is 32.3 Å². The first kappa shape index (κ1) is 12.6. The quantitative estimate of drug-likeness (QED) is 0.823. The highest BCUT2D eigenvalue weighted by molar-refractivity contribution is 5.76. The average Bonchev–Trinajstić information content (AvgIpc) is 2.26. The van der Waals surface area contributed by atoms with Gasteiger partial charge in [0.15, 0.2) is 0 Å². The highest BCUT2D eigenvalue weighted by atomic mass is 16.1. The number of carbonyl (C=O) groups excluding carboxylic acids is 1. The van der Waals surface area contributed by atoms with Gasteiger partial charge in [0.1, 0.15) is 0 Å². The number of amides is 1. The van der Waals surface area contributed by atoms with Crippen LogP contribution in [0.15, 0.2) is 30.3 Å². The Kier molecular flexibility index (Phi) is 4.83. The van der Waals surface area contributed by atoms with Crippen molar-refractivity contribution in [2.45, 2.75) is 26.3 Å². The van der Waals surface area contributed by atoms with Gasteiger partial charge < -0.3 is 10.2 Å². The summed E-state index contributed by atoms with van der Waals surface area (Å²) in [6, 6.07) is 10.3. The molecule has 0 fully saturated rings. The number of anilines is 1. The highest BCUT2D eigenvalue weighted by Crippen LogP contribution is 2.10. The van der Waals surface area contributed by atoms with Gasteiger partial charge in [0, 0.05) is 31.7 Å². The molecule has 3 heteroatoms. The summed E-state index contributed by atoms with van der Waals surface area (Å²) in [6.45, 7) is 4.68. The molecule has 0 heterocycles. The minimum atomic E-state index is 0.109. The summed E-state index contributed by atoms with van der Waals surface area (Å²) in [5, 5.41) is 2.88. The molecule has 0 saturated heterocycles. The van der Waals surface area contributed by atoms with Gasteiger partial charge in [-0.3, -0.25) is 4.79 Å². The molecule has 1 rings (SSSR count). The molecule has 88 valence electrons. The minimum absolute atomic E-state index is 0.109. The number of carbonyl (C=O) groups is 1. The van der Waals surface area contributed by atoms with E-state index in [1.165, 1.54) is 0 Å². The zero-order valence-corrected chi connectivity index (χ0v) is 10.2. The summed E-state index contributed by atoms with van der Waals surface area (Å²) < 4.78 is 0. The van der Waals surface area contributed by atoms with Crippen molar-refractivity contribution in [1.29, 1.82) is 0 Å². The van der Waals surface area contributed by atoms with E-state index in [0.717, 1.165) is 12.2 Å². The van der Waals surface area contributed by atoms with Gasteiger partial charge >= 0.3 is 0 Å². The number of para-hydroxylation sites is 1. The van der Waals surface area contributed by atoms with Crippen molar-refractivity contribution in [3.05, 3.63) is 30.3 Å². The predicted octanol–water partition coefficient (Wildman–Crippen LogP) is 2.04. The van der Waals surface area contributed by atoms with Crippen LogP contribution in [0.4, 0.5) is 5.69 Å². The van der Waals surface area contributed by atoms with Crippen LogP contribution < -0.4 is 10.2 Å². The van der Waals surface area contributed by atoms with E-state index in [0.29, 0.717) is 6.42 Å². The van der Waals surface area contributed by atoms with Crippen LogP contribution in [0.5, 0.6) is 0 Å². The van der Waals surface area contributed by atoms with Crippen molar-refractivity contribution in [3.63, 3.8) is 0 Å². The fraction of sp³-hybridized carbons (Fsp3) is 0.462. The third-order valence-corrected chi connectivity index (χ3v) is 2.32. The first-order valence-electron chi connectivity index (χ1n) is 5.65. The number of hydrogen-bond donors (Lipinski definition) is 1. The van der Waals surface area contributed by atoms with E-state index in [-0.39, 0.29) is 11.9 Å². The number of benzene rings is 1. The van der Waals surface area contributed by atoms with Gasteiger partial charge in [0.05, 0.1) is 0 Å². The summed E-state index contributed by atoms with van der Waals surface area (Å²) in [4.78, 5) is 13.5. The Labute approximate surface area is 97.5 Å². The molecule has 0 aromatic heterocycles. The molecule has 0 unspecified atom stereocenters. The molecule has 0 bridgehead atoms. The lowest BCUT2D eigenvalue weighted by Crippen LogP contribution is -2.33. The van der Waals surface area contributed by atoms with Crippen LogP contribution in [-0.2, 0) is 4.79 Å². The van der Waals surface area contributed by atoms with Crippen LogP contribution in [0, 0.1) is 0 Å². The van der Waals surface area contributed by atoms with E-state index in [9.17, 15) is 4.79 Å². The molecule has 0 atom stereocenters. The maximum Gasteiger partial charge on any atom is 0.221 e. The Morgan fingerprint density at radius 1 is 1.31 bits per heavy atom. The molecule has 0 aliphatic carbocycles. The lowest BCUT2D eigenvalue weighted by Gasteiger charge is -2.19. The summed E-state index contributed by atoms with van der Waals surface area (Å²) in [5.74, 6) is 0.109. The van der Waals surface area contributed by atoms with Crippen LogP contribution in [-0.4, -0.2) is 25.5 Å². The monoisotopic (exact) mass is 220 g/mol. The molecule has 0 aliphatic rings. The van der Waals surface area contributed by atoms with Gasteiger partial charge in [-0.25, -0.2) is 0 Å². The molecule has 1 aromatic carbocycles. The zero-order valence-electron chi connectivity index (χ0n) is 10.2. The summed E-state index contributed by atoms with van der Waals surface area (Å²) >= 11 is 0. The second-order valence-corrected chi connectivity index (χ2v) is 4.23. The first-order chi connectivity index (χ1) is 7.59. The standard InChI is InChI=1S/C13H20N2O/c1-11(2)14-13(16)9-10-15(3)12-7-5-4-6-8-12/h4-8,11H,9-10H2,1-3H3,(H,14,16). The molecular formula is C13H20N2O. The Hall–Kier alpha value is -1.51. The number of nitrogens with one attached hydrogen (secondary N) is 1. The second-order valence-electron chi connectivity index (χ2n) is 4.23. The van der Waals surface area contributed by atoms with E-state index < -0.39 is 0 Å². The normalized spacial score (nSPS) is 10.2. The number of nitrogens with zero attached hydrogens (tertiary/aromatic N) is 1. The average molecular weight is 220 g/mol. The molecule has 1 N–H and O–H groups in total. The fourth-order valence-corrected chi connectivity index (χ4v) is 1.47. The fourth-order valence-electron chi connectivity index (χ4n) is 1.47. The van der Waals surface area contributed by atoms with Gasteiger partial charge in [-0.1, -0.05) is 18.2 Å². The summed E-state index contributed by atoms with van der Waals surface area (Å²) in [5.41, 5.74) is 1.14. The first-order valence-corrected chi connectivity index (χ1v) is 5.65. The van der Waals surface area contributed by atoms with Gasteiger partial charge in [0.2, 0.25) is 5.91 Å². The van der Waals surface area contributed by atoms with Crippen LogP contribution in [0.3, 0.4) is 0 Å². The van der Waals surface area contributed by atoms with Crippen molar-refractivity contribution in [3.8, 4) is 0 Å². The molecule has 0 saturated carbocycles. The lowest BCUT2D eigenvalue weighted by atomic mass is 10.2. The SMILES string of the molecule is CC(C)NC(=O)CCN(C)c1ccccc1. The molecule has 1 amide bonds. The summed E-state index contributed by atoms with van der Waals surface area (Å²) in [6.07, 6.45) is 0.531. The molecule has 0 radical (unpaired) electrons. The molecule has 16 heavy (non-hydrogen) atoms. The maximum atomic E-state index is 11.5. The van der Waals surface area contributed by atoms with Gasteiger partial charge in [-0.05, 0) is 26.0 Å². The van der Waals surface area contributed by atoms with E-state index in [4.69, 9.17) is 0 Å². The Morgan fingerprint density at radius 3 is 2.50 bits per heavy atom. The van der Waals surface area contributed by atoms with E-state index in [2.05, 4.69) is 10.2 Å². The molecule has 0 aliphatic heterocycles. The van der Waals surface area contributed by atoms with Crippen molar-refractivity contribution in [2.75, 3.05) is 18.5 Å². The largest absolute Gasteiger partial charge is 0.374 e. The Morgan fingerprint density at radius 2 is 1.94 bits per heavy atom. The third kappa shape index (κ3) is 4.34. The van der Waals surface area contributed by atoms with Crippen molar-refractivity contribution in [2.24, 2.45) is 0 Å². The molecular weight excluding hydrogens is 200 g/mol.